The van der Waals surface area contributed by atoms with Crippen LogP contribution in [0.5, 0.6) is 0 Å². The van der Waals surface area contributed by atoms with Gasteiger partial charge in [0.15, 0.2) is 0 Å². The number of H-pyrrole nitrogens is 1. The Morgan fingerprint density at radius 3 is 2.43 bits per heavy atom. The number of nitrogen functional groups attached to an aromatic ring is 1. The van der Waals surface area contributed by atoms with Crippen molar-refractivity contribution in [3.05, 3.63) is 39.9 Å². The third-order valence-electron chi connectivity index (χ3n) is 4.53. The van der Waals surface area contributed by atoms with Crippen molar-refractivity contribution in [1.82, 2.24) is 0 Å². The molecule has 1 fully saturated rings. The monoisotopic (exact) mass is 436 g/mol. The van der Waals surface area contributed by atoms with Crippen LogP contribution in [0.25, 0.3) is 0 Å². The third kappa shape index (κ3) is 4.52. The largest absolute Gasteiger partial charge is 0.465 e. The molecule has 2 aromatic heterocycles. The Morgan fingerprint density at radius 2 is 1.83 bits per heavy atom. The molecule has 3 heterocycles. The van der Waals surface area contributed by atoms with Crippen molar-refractivity contribution in [1.29, 1.82) is 0 Å². The summed E-state index contributed by atoms with van der Waals surface area (Å²) in [7, 11) is 2.40. The van der Waals surface area contributed by atoms with Crippen molar-refractivity contribution in [2.24, 2.45) is 0 Å². The zero-order valence-corrected chi connectivity index (χ0v) is 17.4. The summed E-state index contributed by atoms with van der Waals surface area (Å²) in [5, 5.41) is 0.0801. The molecule has 0 unspecified atom stereocenters. The van der Waals surface area contributed by atoms with Gasteiger partial charge in [-0.1, -0.05) is 0 Å². The number of aromatic nitrogens is 1. The Balaban J connectivity index is 1.75. The smallest absolute Gasteiger partial charge is 0.348 e. The number of carbonyl (C=O) groups excluding carboxylic acids is 3. The standard InChI is InChI=1S/C19H21N3O7S/c1-26-18(24)14-12(15(19(25)27-2)30-16(14)20)10-29-17(23)11-3-4-13(21-9-11)22-5-7-28-8-6-22/h3-4,9H,5-8,10,20H2,1-2H3/p+1. The predicted molar refractivity (Wildman–Crippen MR) is 107 cm³/mol. The second kappa shape index (κ2) is 9.55. The van der Waals surface area contributed by atoms with Crippen molar-refractivity contribution in [2.45, 2.75) is 6.61 Å². The minimum Gasteiger partial charge on any atom is -0.465 e. The number of hydrogen-bond acceptors (Lipinski definition) is 10. The van der Waals surface area contributed by atoms with Crippen LogP contribution in [0.1, 0.15) is 36.0 Å². The van der Waals surface area contributed by atoms with E-state index in [1.807, 2.05) is 0 Å². The van der Waals surface area contributed by atoms with Crippen molar-refractivity contribution in [2.75, 3.05) is 51.2 Å². The number of nitrogens with zero attached hydrogens (tertiary/aromatic N) is 1. The van der Waals surface area contributed by atoms with Gasteiger partial charge in [0, 0.05) is 11.6 Å². The fourth-order valence-corrected chi connectivity index (χ4v) is 3.95. The van der Waals surface area contributed by atoms with Gasteiger partial charge in [-0.05, 0) is 6.07 Å². The van der Waals surface area contributed by atoms with Crippen LogP contribution >= 0.6 is 11.3 Å². The van der Waals surface area contributed by atoms with Gasteiger partial charge in [0.2, 0.25) is 0 Å². The lowest BCUT2D eigenvalue weighted by molar-refractivity contribution is -0.364. The number of aromatic amines is 1. The Hall–Kier alpha value is -3.18. The average molecular weight is 436 g/mol. The molecular formula is C19H22N3O7S+. The van der Waals surface area contributed by atoms with Gasteiger partial charge < -0.3 is 24.7 Å². The molecule has 11 heteroatoms. The summed E-state index contributed by atoms with van der Waals surface area (Å²) >= 11 is 0.872. The second-order valence-corrected chi connectivity index (χ2v) is 7.32. The zero-order valence-electron chi connectivity index (χ0n) is 16.6. The molecule has 2 aromatic rings. The van der Waals surface area contributed by atoms with Crippen LogP contribution in [0.3, 0.4) is 0 Å². The summed E-state index contributed by atoms with van der Waals surface area (Å²) in [6.07, 6.45) is 1.54. The molecule has 0 aromatic carbocycles. The van der Waals surface area contributed by atoms with E-state index in [2.05, 4.69) is 9.88 Å². The highest BCUT2D eigenvalue weighted by Gasteiger charge is 2.28. The first kappa shape index (κ1) is 21.5. The summed E-state index contributed by atoms with van der Waals surface area (Å²) in [6, 6.07) is 3.41. The molecule has 0 spiro atoms. The van der Waals surface area contributed by atoms with Crippen molar-refractivity contribution >= 4 is 40.1 Å². The fraction of sp³-hybridized carbons (Fsp3) is 0.368. The van der Waals surface area contributed by atoms with Gasteiger partial charge in [-0.25, -0.2) is 19.4 Å². The maximum atomic E-state index is 12.5. The van der Waals surface area contributed by atoms with Crippen molar-refractivity contribution < 1.29 is 38.3 Å². The van der Waals surface area contributed by atoms with Crippen LogP contribution in [0.15, 0.2) is 18.3 Å². The molecule has 1 aliphatic rings. The predicted octanol–water partition coefficient (Wildman–Crippen LogP) is 0.911. The number of carbonyl (C=O) groups is 3. The lowest BCUT2D eigenvalue weighted by Crippen LogP contribution is -2.39. The highest BCUT2D eigenvalue weighted by Crippen LogP contribution is 2.33. The summed E-state index contributed by atoms with van der Waals surface area (Å²) < 4.78 is 20.1. The van der Waals surface area contributed by atoms with Crippen LogP contribution in [-0.2, 0) is 25.6 Å². The number of nitrogens with two attached hydrogens (primary N) is 1. The third-order valence-corrected chi connectivity index (χ3v) is 5.57. The molecule has 0 bridgehead atoms. The molecule has 0 radical (unpaired) electrons. The maximum absolute atomic E-state index is 12.5. The van der Waals surface area contributed by atoms with Gasteiger partial charge >= 0.3 is 17.9 Å². The number of rotatable bonds is 6. The fourth-order valence-electron chi connectivity index (χ4n) is 2.97. The molecule has 0 saturated carbocycles. The number of methoxy groups -OCH3 is 2. The van der Waals surface area contributed by atoms with Gasteiger partial charge in [0.1, 0.15) is 41.3 Å². The number of morpholine rings is 1. The molecular weight excluding hydrogens is 414 g/mol. The Bertz CT molecular complexity index is 936. The number of thiophene rings is 1. The lowest BCUT2D eigenvalue weighted by Gasteiger charge is -2.21. The van der Waals surface area contributed by atoms with Gasteiger partial charge in [0.05, 0.1) is 33.0 Å². The highest BCUT2D eigenvalue weighted by molar-refractivity contribution is 7.18. The van der Waals surface area contributed by atoms with Gasteiger partial charge in [-0.15, -0.1) is 11.3 Å². The first-order chi connectivity index (χ1) is 14.5. The molecule has 3 N–H and O–H groups in total. The highest BCUT2D eigenvalue weighted by atomic mass is 32.1. The average Bonchev–Trinajstić information content (AvgIpc) is 3.13. The van der Waals surface area contributed by atoms with Crippen molar-refractivity contribution in [3.63, 3.8) is 0 Å². The molecule has 160 valence electrons. The number of ether oxygens (including phenoxy) is 4. The van der Waals surface area contributed by atoms with E-state index in [9.17, 15) is 14.4 Å². The first-order valence-electron chi connectivity index (χ1n) is 9.05. The van der Waals surface area contributed by atoms with E-state index >= 15 is 0 Å². The molecule has 3 rings (SSSR count). The van der Waals surface area contributed by atoms with E-state index in [0.29, 0.717) is 13.2 Å². The normalized spacial score (nSPS) is 13.6. The zero-order chi connectivity index (χ0) is 21.7. The molecule has 0 atom stereocenters. The van der Waals surface area contributed by atoms with Gasteiger partial charge in [-0.3, -0.25) is 4.90 Å². The van der Waals surface area contributed by atoms with E-state index in [1.54, 1.807) is 12.1 Å². The van der Waals surface area contributed by atoms with E-state index in [0.717, 1.165) is 30.2 Å². The SMILES string of the molecule is COC(=O)c1sc(N)c(C(=O)OC)c1COC(=O)c1ccc(N2CCOCC2)[nH+]c1. The summed E-state index contributed by atoms with van der Waals surface area (Å²) in [4.78, 5) is 41.8. The molecule has 10 nitrogen and oxygen atoms in total. The maximum Gasteiger partial charge on any atom is 0.348 e. The molecule has 0 aliphatic carbocycles. The van der Waals surface area contributed by atoms with Crippen LogP contribution < -0.4 is 15.6 Å². The Kier molecular flexibility index (Phi) is 6.85. The number of hydrogen-bond donors (Lipinski definition) is 1. The van der Waals surface area contributed by atoms with Crippen LogP contribution in [-0.4, -0.2) is 58.4 Å². The molecule has 1 saturated heterocycles. The number of pyridine rings is 1. The van der Waals surface area contributed by atoms with Crippen LogP contribution in [0.4, 0.5) is 10.8 Å². The molecule has 1 aliphatic heterocycles. The lowest BCUT2D eigenvalue weighted by atomic mass is 10.1. The van der Waals surface area contributed by atoms with Crippen LogP contribution in [0, 0.1) is 0 Å². The Labute approximate surface area is 176 Å². The van der Waals surface area contributed by atoms with E-state index < -0.39 is 17.9 Å². The number of nitrogens with one attached hydrogen (secondary N) is 1. The molecule has 0 amide bonds. The summed E-state index contributed by atoms with van der Waals surface area (Å²) in [5.41, 5.74) is 6.30. The van der Waals surface area contributed by atoms with E-state index in [-0.39, 0.29) is 33.2 Å². The topological polar surface area (TPSA) is 132 Å². The van der Waals surface area contributed by atoms with E-state index in [1.165, 1.54) is 20.4 Å². The summed E-state index contributed by atoms with van der Waals surface area (Å²) in [6.45, 7) is 2.46. The van der Waals surface area contributed by atoms with Gasteiger partial charge in [-0.2, -0.15) is 0 Å². The number of anilines is 2. The second-order valence-electron chi connectivity index (χ2n) is 6.27. The minimum absolute atomic E-state index is 0.00933. The molecule has 30 heavy (non-hydrogen) atoms. The Morgan fingerprint density at radius 1 is 1.13 bits per heavy atom. The quantitative estimate of drug-likeness (QED) is 0.518. The van der Waals surface area contributed by atoms with Crippen molar-refractivity contribution in [3.8, 4) is 0 Å². The first-order valence-corrected chi connectivity index (χ1v) is 9.87. The van der Waals surface area contributed by atoms with E-state index in [4.69, 9.17) is 24.7 Å². The summed E-state index contributed by atoms with van der Waals surface area (Å²) in [5.74, 6) is -1.18. The van der Waals surface area contributed by atoms with Crippen LogP contribution in [0.2, 0.25) is 0 Å². The van der Waals surface area contributed by atoms with Gasteiger partial charge in [0.25, 0.3) is 5.82 Å². The number of esters is 3. The minimum atomic E-state index is -0.729.